The van der Waals surface area contributed by atoms with Crippen molar-refractivity contribution in [1.82, 2.24) is 4.90 Å². The average Bonchev–Trinajstić information content (AvgIpc) is 2.72. The third-order valence-electron chi connectivity index (χ3n) is 4.86. The zero-order valence-corrected chi connectivity index (χ0v) is 16.6. The van der Waals surface area contributed by atoms with E-state index < -0.39 is 17.8 Å². The molecule has 0 fully saturated rings. The largest absolute Gasteiger partial charge is 0.463 e. The number of rotatable bonds is 6. The molecule has 0 aromatic heterocycles. The molecular formula is C23H24N2O4. The van der Waals surface area contributed by atoms with Gasteiger partial charge in [0, 0.05) is 17.8 Å². The number of ether oxygens (including phenoxy) is 1. The lowest BCUT2D eigenvalue weighted by Gasteiger charge is -2.33. The van der Waals surface area contributed by atoms with Crippen LogP contribution < -0.4 is 5.32 Å². The van der Waals surface area contributed by atoms with Gasteiger partial charge in [-0.3, -0.25) is 9.59 Å². The number of carbonyl (C=O) groups excluding carboxylic acids is 3. The van der Waals surface area contributed by atoms with Gasteiger partial charge in [-0.2, -0.15) is 0 Å². The second kappa shape index (κ2) is 9.19. The molecule has 3 rings (SSSR count). The molecule has 0 spiro atoms. The van der Waals surface area contributed by atoms with E-state index in [1.54, 1.807) is 43.0 Å². The Morgan fingerprint density at radius 3 is 2.31 bits per heavy atom. The van der Waals surface area contributed by atoms with E-state index in [2.05, 4.69) is 5.32 Å². The summed E-state index contributed by atoms with van der Waals surface area (Å²) in [6.07, 6.45) is -0.0863. The minimum Gasteiger partial charge on any atom is -0.463 e. The molecule has 1 aliphatic rings. The summed E-state index contributed by atoms with van der Waals surface area (Å²) in [5.74, 6) is -2.06. The van der Waals surface area contributed by atoms with Gasteiger partial charge in [0.05, 0.1) is 24.6 Å². The van der Waals surface area contributed by atoms with Crippen molar-refractivity contribution in [2.75, 3.05) is 11.9 Å². The zero-order chi connectivity index (χ0) is 20.8. The van der Waals surface area contributed by atoms with Gasteiger partial charge in [0.1, 0.15) is 0 Å². The average molecular weight is 392 g/mol. The fourth-order valence-corrected chi connectivity index (χ4v) is 3.42. The standard InChI is InChI=1S/C23H24N2O4/c1-3-29-23(28)21-16(2)25(15-17-10-6-4-7-11-17)20(26)14-19(21)22(27)24-18-12-8-5-9-13-18/h4-13,19H,3,14-15H2,1-2H3,(H,24,27)/t19-/m1/s1. The van der Waals surface area contributed by atoms with Crippen molar-refractivity contribution < 1.29 is 19.1 Å². The highest BCUT2D eigenvalue weighted by Crippen LogP contribution is 2.32. The number of benzene rings is 2. The number of nitrogens with zero attached hydrogens (tertiary/aromatic N) is 1. The van der Waals surface area contributed by atoms with Gasteiger partial charge in [-0.05, 0) is 31.5 Å². The molecule has 0 bridgehead atoms. The van der Waals surface area contributed by atoms with E-state index in [-0.39, 0.29) is 24.5 Å². The highest BCUT2D eigenvalue weighted by Gasteiger charge is 2.39. The van der Waals surface area contributed by atoms with Crippen molar-refractivity contribution in [2.45, 2.75) is 26.8 Å². The van der Waals surface area contributed by atoms with Crippen LogP contribution in [0.5, 0.6) is 0 Å². The van der Waals surface area contributed by atoms with Crippen molar-refractivity contribution in [1.29, 1.82) is 0 Å². The van der Waals surface area contributed by atoms with Crippen LogP contribution in [0.15, 0.2) is 71.9 Å². The van der Waals surface area contributed by atoms with Gasteiger partial charge >= 0.3 is 5.97 Å². The zero-order valence-electron chi connectivity index (χ0n) is 16.6. The van der Waals surface area contributed by atoms with E-state index in [1.807, 2.05) is 36.4 Å². The Morgan fingerprint density at radius 1 is 1.07 bits per heavy atom. The van der Waals surface area contributed by atoms with Gasteiger partial charge in [0.2, 0.25) is 11.8 Å². The van der Waals surface area contributed by atoms with Gasteiger partial charge in [0.15, 0.2) is 0 Å². The molecule has 0 radical (unpaired) electrons. The Morgan fingerprint density at radius 2 is 1.69 bits per heavy atom. The molecular weight excluding hydrogens is 368 g/mol. The Bertz CT molecular complexity index is 922. The predicted molar refractivity (Wildman–Crippen MR) is 110 cm³/mol. The minimum atomic E-state index is -0.895. The maximum absolute atomic E-state index is 12.9. The minimum absolute atomic E-state index is 0.0863. The molecule has 0 saturated carbocycles. The summed E-state index contributed by atoms with van der Waals surface area (Å²) in [5, 5.41) is 2.79. The lowest BCUT2D eigenvalue weighted by atomic mass is 9.88. The highest BCUT2D eigenvalue weighted by molar-refractivity contribution is 6.06. The molecule has 1 heterocycles. The second-order valence-electron chi connectivity index (χ2n) is 6.80. The predicted octanol–water partition coefficient (Wildman–Crippen LogP) is 3.51. The molecule has 6 nitrogen and oxygen atoms in total. The number of anilines is 1. The van der Waals surface area contributed by atoms with E-state index >= 15 is 0 Å². The molecule has 2 amide bonds. The van der Waals surface area contributed by atoms with Crippen molar-refractivity contribution in [2.24, 2.45) is 5.92 Å². The number of amides is 2. The lowest BCUT2D eigenvalue weighted by Crippen LogP contribution is -2.42. The van der Waals surface area contributed by atoms with Crippen LogP contribution in [0.25, 0.3) is 0 Å². The Kier molecular flexibility index (Phi) is 6.44. The first-order valence-electron chi connectivity index (χ1n) is 9.59. The number of allylic oxidation sites excluding steroid dienone is 1. The first-order valence-corrected chi connectivity index (χ1v) is 9.59. The van der Waals surface area contributed by atoms with Gasteiger partial charge in [0.25, 0.3) is 0 Å². The van der Waals surface area contributed by atoms with Crippen LogP contribution in [0.2, 0.25) is 0 Å². The van der Waals surface area contributed by atoms with Gasteiger partial charge < -0.3 is 15.0 Å². The molecule has 0 aliphatic carbocycles. The number of nitrogens with one attached hydrogen (secondary N) is 1. The van der Waals surface area contributed by atoms with E-state index in [9.17, 15) is 14.4 Å². The molecule has 2 aromatic rings. The monoisotopic (exact) mass is 392 g/mol. The molecule has 29 heavy (non-hydrogen) atoms. The number of para-hydroxylation sites is 1. The van der Waals surface area contributed by atoms with Crippen LogP contribution in [0.1, 0.15) is 25.8 Å². The number of hydrogen-bond donors (Lipinski definition) is 1. The number of esters is 1. The Hall–Kier alpha value is -3.41. The summed E-state index contributed by atoms with van der Waals surface area (Å²) >= 11 is 0. The summed E-state index contributed by atoms with van der Waals surface area (Å²) in [7, 11) is 0. The van der Waals surface area contributed by atoms with Crippen molar-refractivity contribution in [3.8, 4) is 0 Å². The molecule has 0 unspecified atom stereocenters. The topological polar surface area (TPSA) is 75.7 Å². The number of carbonyl (C=O) groups is 3. The van der Waals surface area contributed by atoms with Crippen molar-refractivity contribution in [3.63, 3.8) is 0 Å². The van der Waals surface area contributed by atoms with Crippen LogP contribution in [-0.2, 0) is 25.7 Å². The summed E-state index contributed by atoms with van der Waals surface area (Å²) in [5.41, 5.74) is 2.24. The van der Waals surface area contributed by atoms with Crippen LogP contribution in [-0.4, -0.2) is 29.3 Å². The fraction of sp³-hybridized carbons (Fsp3) is 0.261. The third kappa shape index (κ3) is 4.71. The lowest BCUT2D eigenvalue weighted by molar-refractivity contribution is -0.142. The van der Waals surface area contributed by atoms with Gasteiger partial charge in [-0.25, -0.2) is 4.79 Å². The van der Waals surface area contributed by atoms with Gasteiger partial charge in [-0.15, -0.1) is 0 Å². The summed E-state index contributed by atoms with van der Waals surface area (Å²) in [6, 6.07) is 18.5. The first kappa shape index (κ1) is 20.3. The molecule has 1 atom stereocenters. The van der Waals surface area contributed by atoms with Crippen molar-refractivity contribution in [3.05, 3.63) is 77.5 Å². The summed E-state index contributed by atoms with van der Waals surface area (Å²) < 4.78 is 5.20. The fourth-order valence-electron chi connectivity index (χ4n) is 3.42. The van der Waals surface area contributed by atoms with E-state index in [4.69, 9.17) is 4.74 Å². The maximum atomic E-state index is 12.9. The molecule has 150 valence electrons. The summed E-state index contributed by atoms with van der Waals surface area (Å²) in [4.78, 5) is 40.0. The van der Waals surface area contributed by atoms with Crippen LogP contribution in [0.4, 0.5) is 5.69 Å². The molecule has 0 saturated heterocycles. The quantitative estimate of drug-likeness (QED) is 0.764. The van der Waals surface area contributed by atoms with E-state index in [1.165, 1.54) is 0 Å². The van der Waals surface area contributed by atoms with E-state index in [0.29, 0.717) is 17.9 Å². The van der Waals surface area contributed by atoms with E-state index in [0.717, 1.165) is 5.56 Å². The first-order chi connectivity index (χ1) is 14.0. The Labute approximate surface area is 170 Å². The maximum Gasteiger partial charge on any atom is 0.336 e. The third-order valence-corrected chi connectivity index (χ3v) is 4.86. The summed E-state index contributed by atoms with van der Waals surface area (Å²) in [6.45, 7) is 3.92. The molecule has 1 aliphatic heterocycles. The smallest absolute Gasteiger partial charge is 0.336 e. The second-order valence-corrected chi connectivity index (χ2v) is 6.80. The molecule has 2 aromatic carbocycles. The molecule has 1 N–H and O–H groups in total. The highest BCUT2D eigenvalue weighted by atomic mass is 16.5. The van der Waals surface area contributed by atoms with Crippen LogP contribution >= 0.6 is 0 Å². The molecule has 6 heteroatoms. The number of hydrogen-bond acceptors (Lipinski definition) is 4. The van der Waals surface area contributed by atoms with Crippen LogP contribution in [0, 0.1) is 5.92 Å². The normalized spacial score (nSPS) is 16.6. The van der Waals surface area contributed by atoms with Crippen LogP contribution in [0.3, 0.4) is 0 Å². The van der Waals surface area contributed by atoms with Gasteiger partial charge in [-0.1, -0.05) is 48.5 Å². The van der Waals surface area contributed by atoms with Crippen molar-refractivity contribution >= 4 is 23.5 Å². The Balaban J connectivity index is 1.93. The SMILES string of the molecule is CCOC(=O)C1=C(C)N(Cc2ccccc2)C(=O)C[C@H]1C(=O)Nc1ccccc1.